The van der Waals surface area contributed by atoms with E-state index in [-0.39, 0.29) is 30.7 Å². The second kappa shape index (κ2) is 7.08. The lowest BCUT2D eigenvalue weighted by molar-refractivity contribution is -0.136. The van der Waals surface area contributed by atoms with Gasteiger partial charge >= 0.3 is 0 Å². The van der Waals surface area contributed by atoms with E-state index >= 15 is 0 Å². The zero-order valence-electron chi connectivity index (χ0n) is 15.0. The van der Waals surface area contributed by atoms with Crippen LogP contribution in [-0.4, -0.2) is 41.7 Å². The number of amides is 4. The fourth-order valence-corrected chi connectivity index (χ4v) is 4.15. The van der Waals surface area contributed by atoms with Gasteiger partial charge in [-0.05, 0) is 30.7 Å². The maximum atomic E-state index is 12.8. The largest absolute Gasteiger partial charge is 0.487 e. The Labute approximate surface area is 164 Å². The molecule has 0 bridgehead atoms. The van der Waals surface area contributed by atoms with Crippen LogP contribution in [0.3, 0.4) is 0 Å². The van der Waals surface area contributed by atoms with Gasteiger partial charge in [-0.3, -0.25) is 24.5 Å². The molecule has 8 nitrogen and oxygen atoms in total. The molecular formula is C19H17N3O5S. The van der Waals surface area contributed by atoms with Crippen molar-refractivity contribution in [3.63, 3.8) is 0 Å². The van der Waals surface area contributed by atoms with Crippen molar-refractivity contribution in [2.24, 2.45) is 0 Å². The molecule has 2 aliphatic rings. The average Bonchev–Trinajstić information content (AvgIpc) is 3.28. The van der Waals surface area contributed by atoms with Gasteiger partial charge in [-0.1, -0.05) is 17.4 Å². The van der Waals surface area contributed by atoms with Gasteiger partial charge in [0.05, 0.1) is 12.0 Å². The van der Waals surface area contributed by atoms with E-state index in [1.54, 1.807) is 30.3 Å². The van der Waals surface area contributed by atoms with Gasteiger partial charge in [-0.25, -0.2) is 0 Å². The van der Waals surface area contributed by atoms with Crippen molar-refractivity contribution in [2.75, 3.05) is 12.4 Å². The van der Waals surface area contributed by atoms with Crippen LogP contribution >= 0.6 is 11.3 Å². The number of fused-ring (bicyclic) bond motifs is 1. The Morgan fingerprint density at radius 1 is 1.25 bits per heavy atom. The zero-order valence-corrected chi connectivity index (χ0v) is 15.8. The number of carbonyl (C=O) groups is 4. The Kier molecular flexibility index (Phi) is 4.60. The molecule has 1 aromatic carbocycles. The molecule has 144 valence electrons. The van der Waals surface area contributed by atoms with Crippen molar-refractivity contribution < 1.29 is 23.9 Å². The maximum absolute atomic E-state index is 12.8. The van der Waals surface area contributed by atoms with E-state index in [9.17, 15) is 19.2 Å². The van der Waals surface area contributed by atoms with Crippen LogP contribution in [0.4, 0.5) is 5.69 Å². The average molecular weight is 399 g/mol. The number of piperidine rings is 1. The molecule has 0 radical (unpaired) electrons. The molecule has 2 N–H and O–H groups in total. The smallest absolute Gasteiger partial charge is 0.265 e. The minimum atomic E-state index is -0.692. The highest BCUT2D eigenvalue weighted by Gasteiger charge is 2.39. The SMILES string of the molecule is COc1ccc(C(=O)Nc2cccc3c2CN(C2CCC(=O)NC2=O)C3=O)s1. The number of thiophene rings is 1. The first-order valence-electron chi connectivity index (χ1n) is 8.69. The van der Waals surface area contributed by atoms with Crippen LogP contribution < -0.4 is 15.4 Å². The monoisotopic (exact) mass is 399 g/mol. The molecule has 1 unspecified atom stereocenters. The number of imide groups is 1. The van der Waals surface area contributed by atoms with Crippen molar-refractivity contribution in [1.29, 1.82) is 0 Å². The standard InChI is InChI=1S/C19H17N3O5S/c1-27-16-8-6-14(28-16)18(25)20-12-4-2-3-10-11(12)9-22(19(10)26)13-5-7-15(23)21-17(13)24/h2-4,6,8,13H,5,7,9H2,1H3,(H,20,25)(H,21,23,24). The number of hydrogen-bond donors (Lipinski definition) is 2. The third-order valence-electron chi connectivity index (χ3n) is 4.84. The van der Waals surface area contributed by atoms with Gasteiger partial charge < -0.3 is 15.0 Å². The molecule has 9 heteroatoms. The third kappa shape index (κ3) is 3.13. The van der Waals surface area contributed by atoms with Gasteiger partial charge in [0.2, 0.25) is 11.8 Å². The van der Waals surface area contributed by atoms with E-state index in [0.717, 1.165) is 0 Å². The number of benzene rings is 1. The second-order valence-corrected chi connectivity index (χ2v) is 7.55. The van der Waals surface area contributed by atoms with Crippen molar-refractivity contribution in [3.8, 4) is 5.06 Å². The summed E-state index contributed by atoms with van der Waals surface area (Å²) in [6.45, 7) is 0.199. The molecule has 1 aromatic heterocycles. The Bertz CT molecular complexity index is 999. The second-order valence-electron chi connectivity index (χ2n) is 6.51. The summed E-state index contributed by atoms with van der Waals surface area (Å²) < 4.78 is 5.11. The first-order valence-corrected chi connectivity index (χ1v) is 9.51. The summed E-state index contributed by atoms with van der Waals surface area (Å²) in [4.78, 5) is 50.8. The summed E-state index contributed by atoms with van der Waals surface area (Å²) in [5, 5.41) is 5.75. The van der Waals surface area contributed by atoms with Crippen LogP contribution in [0.1, 0.15) is 38.4 Å². The lowest BCUT2D eigenvalue weighted by atomic mass is 10.0. The summed E-state index contributed by atoms with van der Waals surface area (Å²) in [5.74, 6) is -1.37. The van der Waals surface area contributed by atoms with Crippen LogP contribution in [-0.2, 0) is 16.1 Å². The fourth-order valence-electron chi connectivity index (χ4n) is 3.44. The Morgan fingerprint density at radius 3 is 2.79 bits per heavy atom. The van der Waals surface area contributed by atoms with E-state index < -0.39 is 11.9 Å². The Morgan fingerprint density at radius 2 is 2.07 bits per heavy atom. The first-order chi connectivity index (χ1) is 13.5. The number of carbonyl (C=O) groups excluding carboxylic acids is 4. The van der Waals surface area contributed by atoms with Gasteiger partial charge in [0.25, 0.3) is 11.8 Å². The van der Waals surface area contributed by atoms with Crippen LogP contribution in [0.25, 0.3) is 0 Å². The number of anilines is 1. The van der Waals surface area contributed by atoms with E-state index in [1.165, 1.54) is 23.3 Å². The van der Waals surface area contributed by atoms with E-state index in [4.69, 9.17) is 4.74 Å². The van der Waals surface area contributed by atoms with Gasteiger partial charge in [-0.15, -0.1) is 0 Å². The summed E-state index contributed by atoms with van der Waals surface area (Å²) in [6, 6.07) is 7.78. The van der Waals surface area contributed by atoms with E-state index in [2.05, 4.69) is 10.6 Å². The zero-order chi connectivity index (χ0) is 19.8. The number of rotatable bonds is 4. The number of methoxy groups -OCH3 is 1. The molecule has 3 heterocycles. The Balaban J connectivity index is 1.56. The molecular weight excluding hydrogens is 382 g/mol. The van der Waals surface area contributed by atoms with Gasteiger partial charge in [0.15, 0.2) is 5.06 Å². The molecule has 28 heavy (non-hydrogen) atoms. The molecule has 4 amide bonds. The highest BCUT2D eigenvalue weighted by Crippen LogP contribution is 2.33. The Hall–Kier alpha value is -3.20. The predicted octanol–water partition coefficient (Wildman–Crippen LogP) is 1.77. The lowest BCUT2D eigenvalue weighted by Gasteiger charge is -2.29. The topological polar surface area (TPSA) is 105 Å². The van der Waals surface area contributed by atoms with Crippen LogP contribution in [0.15, 0.2) is 30.3 Å². The van der Waals surface area contributed by atoms with E-state index in [0.29, 0.717) is 33.2 Å². The minimum Gasteiger partial charge on any atom is -0.487 e. The summed E-state index contributed by atoms with van der Waals surface area (Å²) >= 11 is 1.22. The maximum Gasteiger partial charge on any atom is 0.265 e. The van der Waals surface area contributed by atoms with Gasteiger partial charge in [-0.2, -0.15) is 0 Å². The molecule has 0 aliphatic carbocycles. The van der Waals surface area contributed by atoms with Gasteiger partial charge in [0, 0.05) is 29.8 Å². The molecule has 2 aliphatic heterocycles. The molecule has 2 aromatic rings. The summed E-state index contributed by atoms with van der Waals surface area (Å²) in [6.07, 6.45) is 0.488. The molecule has 1 atom stereocenters. The lowest BCUT2D eigenvalue weighted by Crippen LogP contribution is -2.52. The van der Waals surface area contributed by atoms with Crippen molar-refractivity contribution in [3.05, 3.63) is 46.3 Å². The molecule has 1 fully saturated rings. The third-order valence-corrected chi connectivity index (χ3v) is 5.88. The predicted molar refractivity (Wildman–Crippen MR) is 101 cm³/mol. The molecule has 0 spiro atoms. The summed E-state index contributed by atoms with van der Waals surface area (Å²) in [5.41, 5.74) is 1.64. The van der Waals surface area contributed by atoms with Gasteiger partial charge in [0.1, 0.15) is 6.04 Å². The van der Waals surface area contributed by atoms with Crippen LogP contribution in [0.2, 0.25) is 0 Å². The number of hydrogen-bond acceptors (Lipinski definition) is 6. The number of nitrogens with one attached hydrogen (secondary N) is 2. The number of nitrogens with zero attached hydrogens (tertiary/aromatic N) is 1. The van der Waals surface area contributed by atoms with E-state index in [1.807, 2.05) is 0 Å². The molecule has 4 rings (SSSR count). The minimum absolute atomic E-state index is 0.195. The first kappa shape index (κ1) is 18.2. The van der Waals surface area contributed by atoms with Crippen molar-refractivity contribution in [1.82, 2.24) is 10.2 Å². The molecule has 1 saturated heterocycles. The quantitative estimate of drug-likeness (QED) is 0.763. The highest BCUT2D eigenvalue weighted by molar-refractivity contribution is 7.15. The van der Waals surface area contributed by atoms with Crippen molar-refractivity contribution in [2.45, 2.75) is 25.4 Å². The normalized spacial score (nSPS) is 18.7. The van der Waals surface area contributed by atoms with Crippen LogP contribution in [0.5, 0.6) is 5.06 Å². The fraction of sp³-hybridized carbons (Fsp3) is 0.263. The number of ether oxygens (including phenoxy) is 1. The van der Waals surface area contributed by atoms with Crippen LogP contribution in [0, 0.1) is 0 Å². The highest BCUT2D eigenvalue weighted by atomic mass is 32.1. The van der Waals surface area contributed by atoms with Crippen molar-refractivity contribution >= 4 is 40.7 Å². The molecule has 0 saturated carbocycles. The summed E-state index contributed by atoms with van der Waals surface area (Å²) in [7, 11) is 1.53.